The molecule has 10 heteroatoms. The Morgan fingerprint density at radius 2 is 1.83 bits per heavy atom. The number of thiazole rings is 1. The van der Waals surface area contributed by atoms with Gasteiger partial charge in [-0.05, 0) is 45.4 Å². The number of aliphatic imine (C=N–C) groups is 1. The number of hydrogen-bond donors (Lipinski definition) is 2. The number of halogens is 4. The number of ether oxygens (including phenoxy) is 1. The van der Waals surface area contributed by atoms with E-state index in [9.17, 15) is 13.2 Å². The van der Waals surface area contributed by atoms with Gasteiger partial charge in [0.25, 0.3) is 0 Å². The summed E-state index contributed by atoms with van der Waals surface area (Å²) in [4.78, 5) is 9.37. The number of alkyl halides is 3. The van der Waals surface area contributed by atoms with E-state index in [4.69, 9.17) is 4.74 Å². The van der Waals surface area contributed by atoms with Crippen molar-refractivity contribution in [2.75, 3.05) is 7.05 Å². The van der Waals surface area contributed by atoms with Crippen LogP contribution in [0.5, 0.6) is 5.75 Å². The van der Waals surface area contributed by atoms with Gasteiger partial charge in [0.2, 0.25) is 0 Å². The molecule has 0 aliphatic carbocycles. The third kappa shape index (κ3) is 8.37. The van der Waals surface area contributed by atoms with Crippen LogP contribution in [0.3, 0.4) is 0 Å². The maximum Gasteiger partial charge on any atom is 0.416 e. The molecule has 2 rings (SSSR count). The molecule has 1 aromatic heterocycles. The fourth-order valence-electron chi connectivity index (χ4n) is 2.43. The number of aromatic nitrogens is 1. The Kier molecular flexibility index (Phi) is 9.19. The summed E-state index contributed by atoms with van der Waals surface area (Å²) in [5, 5.41) is 6.84. The van der Waals surface area contributed by atoms with Crippen molar-refractivity contribution in [3.8, 4) is 5.75 Å². The summed E-state index contributed by atoms with van der Waals surface area (Å²) in [6.45, 7) is 7.74. The second kappa shape index (κ2) is 10.5. The summed E-state index contributed by atoms with van der Waals surface area (Å²) in [5.41, 5.74) is -1.20. The van der Waals surface area contributed by atoms with Crippen LogP contribution in [0.1, 0.15) is 41.8 Å². The number of aryl methyl sites for hydroxylation is 1. The van der Waals surface area contributed by atoms with Gasteiger partial charge in [-0.15, -0.1) is 35.3 Å². The van der Waals surface area contributed by atoms with Crippen LogP contribution < -0.4 is 15.4 Å². The molecule has 0 fully saturated rings. The number of hydrogen-bond acceptors (Lipinski definition) is 4. The van der Waals surface area contributed by atoms with E-state index in [-0.39, 0.29) is 41.8 Å². The van der Waals surface area contributed by atoms with Crippen LogP contribution in [0.4, 0.5) is 13.2 Å². The van der Waals surface area contributed by atoms with E-state index in [2.05, 4.69) is 20.6 Å². The maximum absolute atomic E-state index is 13.5. The van der Waals surface area contributed by atoms with Gasteiger partial charge in [0.05, 0.1) is 12.1 Å². The first-order valence-corrected chi connectivity index (χ1v) is 9.54. The highest BCUT2D eigenvalue weighted by atomic mass is 127. The second-order valence-corrected chi connectivity index (χ2v) is 8.49. The summed E-state index contributed by atoms with van der Waals surface area (Å²) in [7, 11) is 1.56. The summed E-state index contributed by atoms with van der Waals surface area (Å²) in [6, 6.07) is 4.01. The van der Waals surface area contributed by atoms with E-state index in [1.165, 1.54) is 6.07 Å². The summed E-state index contributed by atoms with van der Waals surface area (Å²) in [6.07, 6.45) is -2.71. The lowest BCUT2D eigenvalue weighted by Gasteiger charge is -2.23. The van der Waals surface area contributed by atoms with Crippen molar-refractivity contribution in [2.45, 2.75) is 52.6 Å². The molecule has 0 radical (unpaired) electrons. The van der Waals surface area contributed by atoms with Gasteiger partial charge in [-0.2, -0.15) is 13.2 Å². The van der Waals surface area contributed by atoms with E-state index in [0.717, 1.165) is 16.0 Å². The molecule has 0 amide bonds. The minimum atomic E-state index is -4.48. The normalized spacial score (nSPS) is 12.3. The molecule has 1 aromatic carbocycles. The molecule has 162 valence electrons. The Morgan fingerprint density at radius 1 is 1.17 bits per heavy atom. The SMILES string of the molecule is CN=C(NCc1ncc(C)s1)NCc1ccc(OC(C)(C)C)cc1C(F)(F)F.I. The lowest BCUT2D eigenvalue weighted by molar-refractivity contribution is -0.138. The van der Waals surface area contributed by atoms with Crippen molar-refractivity contribution in [3.05, 3.63) is 45.4 Å². The fraction of sp³-hybridized carbons (Fsp3) is 0.474. The van der Waals surface area contributed by atoms with Crippen molar-refractivity contribution in [3.63, 3.8) is 0 Å². The lowest BCUT2D eigenvalue weighted by atomic mass is 10.1. The van der Waals surface area contributed by atoms with Crippen molar-refractivity contribution < 1.29 is 17.9 Å². The van der Waals surface area contributed by atoms with Gasteiger partial charge in [-0.1, -0.05) is 6.07 Å². The predicted molar refractivity (Wildman–Crippen MR) is 121 cm³/mol. The van der Waals surface area contributed by atoms with E-state index in [1.54, 1.807) is 51.4 Å². The minimum Gasteiger partial charge on any atom is -0.488 e. The topological polar surface area (TPSA) is 58.5 Å². The van der Waals surface area contributed by atoms with Crippen molar-refractivity contribution in [1.29, 1.82) is 0 Å². The third-order valence-electron chi connectivity index (χ3n) is 3.56. The molecule has 2 N–H and O–H groups in total. The fourth-order valence-corrected chi connectivity index (χ4v) is 3.16. The Bertz CT molecular complexity index is 832. The second-order valence-electron chi connectivity index (χ2n) is 7.18. The van der Waals surface area contributed by atoms with Crippen LogP contribution in [0, 0.1) is 6.92 Å². The van der Waals surface area contributed by atoms with Gasteiger partial charge in [-0.3, -0.25) is 4.99 Å². The minimum absolute atomic E-state index is 0. The van der Waals surface area contributed by atoms with Gasteiger partial charge < -0.3 is 15.4 Å². The molecule has 0 spiro atoms. The Labute approximate surface area is 190 Å². The predicted octanol–water partition coefficient (Wildman–Crippen LogP) is 5.13. The zero-order chi connectivity index (χ0) is 20.9. The number of nitrogens with zero attached hydrogens (tertiary/aromatic N) is 2. The monoisotopic (exact) mass is 542 g/mol. The highest BCUT2D eigenvalue weighted by Gasteiger charge is 2.34. The van der Waals surface area contributed by atoms with Gasteiger partial charge in [-0.25, -0.2) is 4.98 Å². The molecule has 0 atom stereocenters. The van der Waals surface area contributed by atoms with Gasteiger partial charge >= 0.3 is 6.18 Å². The van der Waals surface area contributed by atoms with Crippen molar-refractivity contribution in [2.24, 2.45) is 4.99 Å². The average molecular weight is 542 g/mol. The summed E-state index contributed by atoms with van der Waals surface area (Å²) in [5.74, 6) is 0.584. The van der Waals surface area contributed by atoms with E-state index in [1.807, 2.05) is 6.92 Å². The van der Waals surface area contributed by atoms with E-state index >= 15 is 0 Å². The summed E-state index contributed by atoms with van der Waals surface area (Å²) < 4.78 is 46.1. The number of rotatable bonds is 5. The van der Waals surface area contributed by atoms with Gasteiger partial charge in [0.1, 0.15) is 16.4 Å². The summed E-state index contributed by atoms with van der Waals surface area (Å²) >= 11 is 1.55. The van der Waals surface area contributed by atoms with Crippen LogP contribution in [0.15, 0.2) is 29.4 Å². The van der Waals surface area contributed by atoms with Gasteiger partial charge in [0, 0.05) is 24.7 Å². The lowest BCUT2D eigenvalue weighted by Crippen LogP contribution is -2.36. The standard InChI is InChI=1S/C19H25F3N4OS.HI/c1-12-9-24-16(28-12)11-26-17(23-5)25-10-13-6-7-14(27-18(2,3)4)8-15(13)19(20,21)22;/h6-9H,10-11H2,1-5H3,(H2,23,25,26);1H. The third-order valence-corrected chi connectivity index (χ3v) is 4.47. The van der Waals surface area contributed by atoms with Crippen LogP contribution >= 0.6 is 35.3 Å². The molecular formula is C19H26F3IN4OS. The zero-order valence-electron chi connectivity index (χ0n) is 17.0. The quantitative estimate of drug-likeness (QED) is 0.313. The first kappa shape index (κ1) is 25.5. The first-order chi connectivity index (χ1) is 13.0. The van der Waals surface area contributed by atoms with Crippen LogP contribution in [0.2, 0.25) is 0 Å². The number of guanidine groups is 1. The molecule has 1 heterocycles. The molecule has 0 aliphatic heterocycles. The van der Waals surface area contributed by atoms with Gasteiger partial charge in [0.15, 0.2) is 5.96 Å². The van der Waals surface area contributed by atoms with E-state index in [0.29, 0.717) is 12.5 Å². The Hall–Kier alpha value is -1.56. The van der Waals surface area contributed by atoms with Crippen molar-refractivity contribution >= 4 is 41.3 Å². The van der Waals surface area contributed by atoms with Crippen LogP contribution in [-0.4, -0.2) is 23.6 Å². The van der Waals surface area contributed by atoms with Crippen LogP contribution in [0.25, 0.3) is 0 Å². The molecule has 29 heavy (non-hydrogen) atoms. The highest BCUT2D eigenvalue weighted by Crippen LogP contribution is 2.35. The molecule has 0 saturated carbocycles. The Morgan fingerprint density at radius 3 is 2.34 bits per heavy atom. The molecule has 0 aliphatic rings. The zero-order valence-corrected chi connectivity index (χ0v) is 20.1. The van der Waals surface area contributed by atoms with Crippen molar-refractivity contribution in [1.82, 2.24) is 15.6 Å². The number of nitrogens with one attached hydrogen (secondary N) is 2. The van der Waals surface area contributed by atoms with E-state index < -0.39 is 17.3 Å². The largest absolute Gasteiger partial charge is 0.488 e. The molecule has 5 nitrogen and oxygen atoms in total. The highest BCUT2D eigenvalue weighted by molar-refractivity contribution is 14.0. The molecular weight excluding hydrogens is 516 g/mol. The average Bonchev–Trinajstić information content (AvgIpc) is 2.99. The van der Waals surface area contributed by atoms with Crippen LogP contribution in [-0.2, 0) is 19.3 Å². The Balaban J connectivity index is 0.00000420. The molecule has 2 aromatic rings. The molecule has 0 unspecified atom stereocenters. The molecule has 0 saturated heterocycles. The first-order valence-electron chi connectivity index (χ1n) is 8.73. The number of benzene rings is 1. The maximum atomic E-state index is 13.5. The molecule has 0 bridgehead atoms. The smallest absolute Gasteiger partial charge is 0.416 e.